The summed E-state index contributed by atoms with van der Waals surface area (Å²) in [6.07, 6.45) is -1.22. The summed E-state index contributed by atoms with van der Waals surface area (Å²) >= 11 is 6.01. The van der Waals surface area contributed by atoms with Crippen LogP contribution in [-0.4, -0.2) is 41.5 Å². The Bertz CT molecular complexity index is 521. The second-order valence-electron chi connectivity index (χ2n) is 4.30. The van der Waals surface area contributed by atoms with Crippen molar-refractivity contribution in [2.75, 3.05) is 7.11 Å². The third-order valence-corrected chi connectivity index (χ3v) is 3.11. The minimum atomic E-state index is -1.39. The summed E-state index contributed by atoms with van der Waals surface area (Å²) in [7, 11) is 1.48. The third kappa shape index (κ3) is 4.80. The van der Waals surface area contributed by atoms with E-state index < -0.39 is 24.1 Å². The van der Waals surface area contributed by atoms with Crippen LogP contribution in [0.15, 0.2) is 18.2 Å². The first-order valence-corrected chi connectivity index (χ1v) is 6.51. The number of aliphatic hydroxyl groups is 1. The van der Waals surface area contributed by atoms with E-state index in [2.05, 4.69) is 10.6 Å². The van der Waals surface area contributed by atoms with E-state index in [4.69, 9.17) is 21.4 Å². The molecule has 0 radical (unpaired) electrons. The quantitative estimate of drug-likeness (QED) is 0.626. The average molecular weight is 317 g/mol. The molecule has 2 atom stereocenters. The zero-order valence-corrected chi connectivity index (χ0v) is 12.3. The first-order valence-electron chi connectivity index (χ1n) is 6.13. The molecule has 0 saturated carbocycles. The highest BCUT2D eigenvalue weighted by atomic mass is 35.5. The van der Waals surface area contributed by atoms with Gasteiger partial charge in [0.25, 0.3) is 0 Å². The highest BCUT2D eigenvalue weighted by Crippen LogP contribution is 2.25. The van der Waals surface area contributed by atoms with Gasteiger partial charge in [-0.25, -0.2) is 9.59 Å². The average Bonchev–Trinajstić information content (AvgIpc) is 2.42. The van der Waals surface area contributed by atoms with Crippen LogP contribution < -0.4 is 15.4 Å². The number of aliphatic hydroxyl groups excluding tert-OH is 1. The molecule has 1 aromatic rings. The Kier molecular flexibility index (Phi) is 6.26. The van der Waals surface area contributed by atoms with Crippen molar-refractivity contribution in [1.29, 1.82) is 0 Å². The molecule has 0 spiro atoms. The van der Waals surface area contributed by atoms with Crippen molar-refractivity contribution in [2.45, 2.75) is 25.6 Å². The Balaban J connectivity index is 2.67. The van der Waals surface area contributed by atoms with E-state index in [0.29, 0.717) is 16.3 Å². The van der Waals surface area contributed by atoms with Crippen LogP contribution in [0.5, 0.6) is 5.75 Å². The number of methoxy groups -OCH3 is 1. The summed E-state index contributed by atoms with van der Waals surface area (Å²) in [5.74, 6) is -0.816. The molecule has 8 heteroatoms. The molecule has 0 heterocycles. The molecule has 0 unspecified atom stereocenters. The SMILES string of the molecule is COc1cccc(Cl)c1CNC(=O)N[C@H](C(=O)O)[C@@H](C)O. The maximum Gasteiger partial charge on any atom is 0.328 e. The third-order valence-electron chi connectivity index (χ3n) is 2.76. The maximum atomic E-state index is 11.7. The number of urea groups is 1. The highest BCUT2D eigenvalue weighted by molar-refractivity contribution is 6.31. The van der Waals surface area contributed by atoms with Gasteiger partial charge in [0, 0.05) is 17.1 Å². The predicted molar refractivity (Wildman–Crippen MR) is 76.5 cm³/mol. The van der Waals surface area contributed by atoms with Crippen molar-refractivity contribution in [2.24, 2.45) is 0 Å². The summed E-state index contributed by atoms with van der Waals surface area (Å²) in [5, 5.41) is 23.2. The number of amides is 2. The monoisotopic (exact) mass is 316 g/mol. The lowest BCUT2D eigenvalue weighted by Crippen LogP contribution is -2.51. The largest absolute Gasteiger partial charge is 0.496 e. The van der Waals surface area contributed by atoms with Crippen molar-refractivity contribution < 1.29 is 24.5 Å². The molecule has 7 nitrogen and oxygen atoms in total. The van der Waals surface area contributed by atoms with Gasteiger partial charge < -0.3 is 25.6 Å². The number of benzene rings is 1. The van der Waals surface area contributed by atoms with E-state index in [1.165, 1.54) is 14.0 Å². The van der Waals surface area contributed by atoms with E-state index in [-0.39, 0.29) is 6.54 Å². The number of carbonyl (C=O) groups excluding carboxylic acids is 1. The van der Waals surface area contributed by atoms with Crippen LogP contribution in [0.3, 0.4) is 0 Å². The Labute approximate surface area is 126 Å². The molecule has 0 fully saturated rings. The van der Waals surface area contributed by atoms with Crippen molar-refractivity contribution in [3.63, 3.8) is 0 Å². The van der Waals surface area contributed by atoms with Gasteiger partial charge in [-0.2, -0.15) is 0 Å². The predicted octanol–water partition coefficient (Wildman–Crippen LogP) is 0.982. The van der Waals surface area contributed by atoms with Crippen molar-refractivity contribution in [3.8, 4) is 5.75 Å². The van der Waals surface area contributed by atoms with Gasteiger partial charge >= 0.3 is 12.0 Å². The summed E-state index contributed by atoms with van der Waals surface area (Å²) in [5.41, 5.74) is 0.570. The lowest BCUT2D eigenvalue weighted by molar-refractivity contribution is -0.141. The van der Waals surface area contributed by atoms with Gasteiger partial charge in [0.05, 0.1) is 13.2 Å². The van der Waals surface area contributed by atoms with E-state index in [1.54, 1.807) is 18.2 Å². The fourth-order valence-electron chi connectivity index (χ4n) is 1.65. The molecule has 0 saturated heterocycles. The highest BCUT2D eigenvalue weighted by Gasteiger charge is 2.24. The first-order chi connectivity index (χ1) is 9.86. The Hall–Kier alpha value is -1.99. The number of rotatable bonds is 6. The molecule has 0 aliphatic heterocycles. The first kappa shape index (κ1) is 17.1. The van der Waals surface area contributed by atoms with Crippen molar-refractivity contribution in [3.05, 3.63) is 28.8 Å². The number of carboxylic acid groups (broad SMARTS) is 1. The number of nitrogens with one attached hydrogen (secondary N) is 2. The standard InChI is InChI=1S/C13H17ClN2O5/c1-7(17)11(12(18)19)16-13(20)15-6-8-9(14)4-3-5-10(8)21-2/h3-5,7,11,17H,6H2,1-2H3,(H,18,19)(H2,15,16,20)/t7-,11+/m1/s1. The molecule has 1 rings (SSSR count). The molecule has 0 bridgehead atoms. The number of carboxylic acids is 1. The molecule has 0 aliphatic rings. The minimum absolute atomic E-state index is 0.0564. The Morgan fingerprint density at radius 2 is 2.10 bits per heavy atom. The van der Waals surface area contributed by atoms with Gasteiger partial charge in [0.15, 0.2) is 6.04 Å². The van der Waals surface area contributed by atoms with Crippen LogP contribution in [0, 0.1) is 0 Å². The van der Waals surface area contributed by atoms with Crippen LogP contribution in [0.1, 0.15) is 12.5 Å². The molecule has 0 aromatic heterocycles. The topological polar surface area (TPSA) is 108 Å². The summed E-state index contributed by atoms with van der Waals surface area (Å²) in [4.78, 5) is 22.5. The Morgan fingerprint density at radius 1 is 1.43 bits per heavy atom. The van der Waals surface area contributed by atoms with E-state index >= 15 is 0 Å². The minimum Gasteiger partial charge on any atom is -0.496 e. The van der Waals surface area contributed by atoms with Crippen molar-refractivity contribution >= 4 is 23.6 Å². The van der Waals surface area contributed by atoms with Gasteiger partial charge in [0.1, 0.15) is 5.75 Å². The van der Waals surface area contributed by atoms with Crippen LogP contribution in [-0.2, 0) is 11.3 Å². The van der Waals surface area contributed by atoms with Gasteiger partial charge in [-0.1, -0.05) is 17.7 Å². The molecule has 21 heavy (non-hydrogen) atoms. The number of carbonyl (C=O) groups is 2. The number of hydrogen-bond donors (Lipinski definition) is 4. The zero-order chi connectivity index (χ0) is 16.0. The van der Waals surface area contributed by atoms with E-state index in [1.807, 2.05) is 0 Å². The Morgan fingerprint density at radius 3 is 2.62 bits per heavy atom. The number of aliphatic carboxylic acids is 1. The summed E-state index contributed by atoms with van der Waals surface area (Å²) < 4.78 is 5.13. The fourth-order valence-corrected chi connectivity index (χ4v) is 1.88. The van der Waals surface area contributed by atoms with E-state index in [9.17, 15) is 14.7 Å². The van der Waals surface area contributed by atoms with Gasteiger partial charge in [-0.05, 0) is 19.1 Å². The molecule has 0 aliphatic carbocycles. The number of ether oxygens (including phenoxy) is 1. The van der Waals surface area contributed by atoms with Crippen LogP contribution in [0.2, 0.25) is 5.02 Å². The fraction of sp³-hybridized carbons (Fsp3) is 0.385. The normalized spacial score (nSPS) is 13.1. The van der Waals surface area contributed by atoms with E-state index in [0.717, 1.165) is 0 Å². The summed E-state index contributed by atoms with van der Waals surface area (Å²) in [6.45, 7) is 1.33. The maximum absolute atomic E-state index is 11.7. The van der Waals surface area contributed by atoms with Crippen LogP contribution >= 0.6 is 11.6 Å². The molecule has 116 valence electrons. The molecule has 4 N–H and O–H groups in total. The number of hydrogen-bond acceptors (Lipinski definition) is 4. The summed E-state index contributed by atoms with van der Waals surface area (Å²) in [6, 6.07) is 2.92. The zero-order valence-electron chi connectivity index (χ0n) is 11.6. The second-order valence-corrected chi connectivity index (χ2v) is 4.71. The van der Waals surface area contributed by atoms with Gasteiger partial charge in [0.2, 0.25) is 0 Å². The number of halogens is 1. The lowest BCUT2D eigenvalue weighted by Gasteiger charge is -2.18. The molecular formula is C13H17ClN2O5. The van der Waals surface area contributed by atoms with Crippen LogP contribution in [0.4, 0.5) is 4.79 Å². The molecule has 1 aromatic carbocycles. The van der Waals surface area contributed by atoms with Crippen molar-refractivity contribution in [1.82, 2.24) is 10.6 Å². The van der Waals surface area contributed by atoms with Gasteiger partial charge in [-0.3, -0.25) is 0 Å². The van der Waals surface area contributed by atoms with Gasteiger partial charge in [-0.15, -0.1) is 0 Å². The lowest BCUT2D eigenvalue weighted by atomic mass is 10.2. The molecule has 2 amide bonds. The smallest absolute Gasteiger partial charge is 0.328 e. The second kappa shape index (κ2) is 7.70. The van der Waals surface area contributed by atoms with Crippen LogP contribution in [0.25, 0.3) is 0 Å². The molecular weight excluding hydrogens is 300 g/mol.